The molecule has 0 aromatic carbocycles. The highest BCUT2D eigenvalue weighted by atomic mass is 32.1. The van der Waals surface area contributed by atoms with Crippen LogP contribution in [0.1, 0.15) is 23.7 Å². The number of hydrogen-bond acceptors (Lipinski definition) is 5. The maximum atomic E-state index is 5.09. The Morgan fingerprint density at radius 3 is 3.00 bits per heavy atom. The minimum absolute atomic E-state index is 0.428. The van der Waals surface area contributed by atoms with E-state index in [4.69, 9.17) is 4.74 Å². The van der Waals surface area contributed by atoms with Gasteiger partial charge in [0.2, 0.25) is 0 Å². The molecule has 5 heteroatoms. The molecule has 1 saturated heterocycles. The van der Waals surface area contributed by atoms with Gasteiger partial charge >= 0.3 is 0 Å². The van der Waals surface area contributed by atoms with Crippen molar-refractivity contribution in [3.63, 3.8) is 0 Å². The van der Waals surface area contributed by atoms with Crippen molar-refractivity contribution in [2.75, 3.05) is 33.3 Å². The van der Waals surface area contributed by atoms with Crippen LogP contribution in [0.25, 0.3) is 0 Å². The third kappa shape index (κ3) is 2.79. The molecular weight excluding hydrogens is 222 g/mol. The van der Waals surface area contributed by atoms with Gasteiger partial charge in [-0.3, -0.25) is 4.90 Å². The Hall–Kier alpha value is -0.490. The lowest BCUT2D eigenvalue weighted by Gasteiger charge is -2.31. The van der Waals surface area contributed by atoms with Crippen LogP contribution in [0.4, 0.5) is 0 Å². The van der Waals surface area contributed by atoms with E-state index in [2.05, 4.69) is 27.5 Å². The lowest BCUT2D eigenvalue weighted by atomic mass is 10.2. The van der Waals surface area contributed by atoms with Crippen LogP contribution >= 0.6 is 11.3 Å². The van der Waals surface area contributed by atoms with Gasteiger partial charge in [-0.15, -0.1) is 11.3 Å². The number of nitrogens with zero attached hydrogens (tertiary/aromatic N) is 2. The molecule has 1 atom stereocenters. The molecule has 1 fully saturated rings. The molecule has 1 aromatic rings. The number of ether oxygens (including phenoxy) is 1. The Labute approximate surface area is 101 Å². The van der Waals surface area contributed by atoms with Crippen molar-refractivity contribution < 1.29 is 4.74 Å². The van der Waals surface area contributed by atoms with E-state index >= 15 is 0 Å². The number of aromatic nitrogens is 1. The number of rotatable bonds is 4. The highest BCUT2D eigenvalue weighted by Crippen LogP contribution is 2.24. The molecule has 0 bridgehead atoms. The molecule has 2 heterocycles. The zero-order valence-electron chi connectivity index (χ0n) is 9.90. The maximum Gasteiger partial charge on any atom is 0.110 e. The number of hydrogen-bond donors (Lipinski definition) is 1. The summed E-state index contributed by atoms with van der Waals surface area (Å²) in [6.07, 6.45) is 0. The molecule has 0 saturated carbocycles. The third-order valence-corrected chi connectivity index (χ3v) is 3.98. The van der Waals surface area contributed by atoms with Gasteiger partial charge in [-0.2, -0.15) is 0 Å². The van der Waals surface area contributed by atoms with E-state index in [0.29, 0.717) is 12.6 Å². The first-order valence-electron chi connectivity index (χ1n) is 5.69. The quantitative estimate of drug-likeness (QED) is 0.861. The van der Waals surface area contributed by atoms with Gasteiger partial charge in [-0.25, -0.2) is 4.98 Å². The van der Waals surface area contributed by atoms with Crippen molar-refractivity contribution in [1.82, 2.24) is 15.2 Å². The summed E-state index contributed by atoms with van der Waals surface area (Å²) in [5, 5.41) is 6.67. The Morgan fingerprint density at radius 2 is 2.31 bits per heavy atom. The zero-order valence-corrected chi connectivity index (χ0v) is 10.7. The van der Waals surface area contributed by atoms with E-state index in [0.717, 1.165) is 31.9 Å². The molecule has 2 rings (SSSR count). The fraction of sp³-hybridized carbons (Fsp3) is 0.727. The second-order valence-corrected chi connectivity index (χ2v) is 4.96. The Balaban J connectivity index is 1.98. The molecule has 0 radical (unpaired) electrons. The van der Waals surface area contributed by atoms with Crippen LogP contribution in [0.5, 0.6) is 0 Å². The van der Waals surface area contributed by atoms with Gasteiger partial charge in [0.1, 0.15) is 5.01 Å². The maximum absolute atomic E-state index is 5.09. The summed E-state index contributed by atoms with van der Waals surface area (Å²) >= 11 is 1.74. The van der Waals surface area contributed by atoms with E-state index < -0.39 is 0 Å². The first-order valence-corrected chi connectivity index (χ1v) is 6.57. The van der Waals surface area contributed by atoms with Crippen LogP contribution < -0.4 is 5.32 Å². The van der Waals surface area contributed by atoms with Crippen molar-refractivity contribution in [2.24, 2.45) is 0 Å². The van der Waals surface area contributed by atoms with Crippen LogP contribution in [0.15, 0.2) is 5.38 Å². The lowest BCUT2D eigenvalue weighted by molar-refractivity contribution is 0.177. The van der Waals surface area contributed by atoms with Crippen molar-refractivity contribution in [3.8, 4) is 0 Å². The Kier molecular flexibility index (Phi) is 4.29. The topological polar surface area (TPSA) is 37.4 Å². The molecule has 1 N–H and O–H groups in total. The van der Waals surface area contributed by atoms with Crippen molar-refractivity contribution >= 4 is 11.3 Å². The lowest BCUT2D eigenvalue weighted by Crippen LogP contribution is -2.44. The van der Waals surface area contributed by atoms with E-state index in [-0.39, 0.29) is 0 Å². The molecule has 0 spiro atoms. The normalized spacial score (nSPS) is 19.9. The smallest absolute Gasteiger partial charge is 0.110 e. The van der Waals surface area contributed by atoms with Crippen LogP contribution in [-0.2, 0) is 11.3 Å². The summed E-state index contributed by atoms with van der Waals surface area (Å²) < 4.78 is 5.09. The minimum atomic E-state index is 0.428. The van der Waals surface area contributed by atoms with Crippen LogP contribution in [0, 0.1) is 0 Å². The molecule has 0 amide bonds. The number of methoxy groups -OCH3 is 1. The van der Waals surface area contributed by atoms with Crippen LogP contribution in [0.3, 0.4) is 0 Å². The van der Waals surface area contributed by atoms with E-state index in [1.54, 1.807) is 18.4 Å². The fourth-order valence-electron chi connectivity index (χ4n) is 1.95. The highest BCUT2D eigenvalue weighted by molar-refractivity contribution is 7.09. The predicted molar refractivity (Wildman–Crippen MR) is 65.7 cm³/mol. The summed E-state index contributed by atoms with van der Waals surface area (Å²) in [5.41, 5.74) is 1.05. The molecule has 1 unspecified atom stereocenters. The van der Waals surface area contributed by atoms with Gasteiger partial charge in [0.15, 0.2) is 0 Å². The van der Waals surface area contributed by atoms with E-state index in [1.807, 2.05) is 0 Å². The average molecular weight is 241 g/mol. The van der Waals surface area contributed by atoms with E-state index in [9.17, 15) is 0 Å². The van der Waals surface area contributed by atoms with Crippen LogP contribution in [-0.4, -0.2) is 43.2 Å². The van der Waals surface area contributed by atoms with Crippen molar-refractivity contribution in [1.29, 1.82) is 0 Å². The average Bonchev–Trinajstić information content (AvgIpc) is 2.78. The van der Waals surface area contributed by atoms with Gasteiger partial charge in [0.05, 0.1) is 18.3 Å². The second kappa shape index (κ2) is 5.72. The van der Waals surface area contributed by atoms with E-state index in [1.165, 1.54) is 5.01 Å². The zero-order chi connectivity index (χ0) is 11.4. The number of piperazine rings is 1. The number of nitrogens with one attached hydrogen (secondary N) is 1. The summed E-state index contributed by atoms with van der Waals surface area (Å²) in [6, 6.07) is 0.428. The third-order valence-electron chi connectivity index (χ3n) is 2.92. The standard InChI is InChI=1S/C11H19N3OS/c1-9(14-5-3-12-4-6-14)11-13-10(7-15-2)8-16-11/h8-9,12H,3-7H2,1-2H3. The van der Waals surface area contributed by atoms with Crippen LogP contribution in [0.2, 0.25) is 0 Å². The van der Waals surface area contributed by atoms with Gasteiger partial charge in [0.25, 0.3) is 0 Å². The summed E-state index contributed by atoms with van der Waals surface area (Å²) in [5.74, 6) is 0. The highest BCUT2D eigenvalue weighted by Gasteiger charge is 2.20. The Morgan fingerprint density at radius 1 is 1.56 bits per heavy atom. The fourth-order valence-corrected chi connectivity index (χ4v) is 2.85. The Bertz CT molecular complexity index is 323. The minimum Gasteiger partial charge on any atom is -0.378 e. The van der Waals surface area contributed by atoms with Gasteiger partial charge in [0, 0.05) is 38.7 Å². The molecule has 4 nitrogen and oxygen atoms in total. The summed E-state index contributed by atoms with van der Waals surface area (Å²) in [4.78, 5) is 7.08. The number of thiazole rings is 1. The molecule has 0 aliphatic carbocycles. The molecule has 90 valence electrons. The second-order valence-electron chi connectivity index (χ2n) is 4.07. The first kappa shape index (κ1) is 12.0. The van der Waals surface area contributed by atoms with Crippen molar-refractivity contribution in [3.05, 3.63) is 16.1 Å². The van der Waals surface area contributed by atoms with Gasteiger partial charge in [-0.1, -0.05) is 0 Å². The summed E-state index contributed by atoms with van der Waals surface area (Å²) in [7, 11) is 1.71. The largest absolute Gasteiger partial charge is 0.378 e. The monoisotopic (exact) mass is 241 g/mol. The molecule has 1 aliphatic rings. The summed E-state index contributed by atoms with van der Waals surface area (Å²) in [6.45, 7) is 7.24. The predicted octanol–water partition coefficient (Wildman–Crippen LogP) is 1.26. The SMILES string of the molecule is COCc1csc(C(C)N2CCNCC2)n1. The molecular formula is C11H19N3OS. The van der Waals surface area contributed by atoms with Gasteiger partial charge in [-0.05, 0) is 6.92 Å². The molecule has 16 heavy (non-hydrogen) atoms. The molecule has 1 aliphatic heterocycles. The van der Waals surface area contributed by atoms with Gasteiger partial charge < -0.3 is 10.1 Å². The molecule has 1 aromatic heterocycles. The first-order chi connectivity index (χ1) is 7.81. The van der Waals surface area contributed by atoms with Crippen molar-refractivity contribution in [2.45, 2.75) is 19.6 Å².